The van der Waals surface area contributed by atoms with Crippen molar-refractivity contribution in [1.29, 1.82) is 0 Å². The molecule has 1 aromatic heterocycles. The first-order valence-corrected chi connectivity index (χ1v) is 7.86. The molecule has 2 fully saturated rings. The Bertz CT molecular complexity index is 481. The van der Waals surface area contributed by atoms with E-state index < -0.39 is 0 Å². The molecule has 6 heteroatoms. The SMILES string of the molecule is Cc1nc(C(C)OCC2CO2)c(C)nc1C(C)OCC1CO1. The number of ether oxygens (including phenoxy) is 4. The number of epoxide rings is 2. The predicted octanol–water partition coefficient (Wildman–Crippen LogP) is 2.05. The van der Waals surface area contributed by atoms with Crippen molar-refractivity contribution in [2.45, 2.75) is 52.1 Å². The minimum absolute atomic E-state index is 0.0828. The van der Waals surface area contributed by atoms with Gasteiger partial charge in [0.2, 0.25) is 0 Å². The van der Waals surface area contributed by atoms with E-state index in [1.807, 2.05) is 27.7 Å². The number of aryl methyl sites for hydroxylation is 2. The quantitative estimate of drug-likeness (QED) is 0.685. The molecule has 2 aliphatic heterocycles. The van der Waals surface area contributed by atoms with Crippen LogP contribution >= 0.6 is 0 Å². The molecule has 0 saturated carbocycles. The zero-order chi connectivity index (χ0) is 15.7. The Morgan fingerprint density at radius 3 is 1.59 bits per heavy atom. The second-order valence-electron chi connectivity index (χ2n) is 6.03. The standard InChI is InChI=1S/C16H24N2O4/c1-9-15(11(3)19-5-13-7-21-13)18-10(2)16(17-9)12(4)20-6-14-8-22-14/h11-14H,5-8H2,1-4H3. The molecule has 4 unspecified atom stereocenters. The summed E-state index contributed by atoms with van der Waals surface area (Å²) in [5.74, 6) is 0. The first kappa shape index (κ1) is 15.8. The molecule has 0 spiro atoms. The number of hydrogen-bond donors (Lipinski definition) is 0. The molecule has 2 saturated heterocycles. The van der Waals surface area contributed by atoms with Gasteiger partial charge in [0, 0.05) is 0 Å². The average molecular weight is 308 g/mol. The highest BCUT2D eigenvalue weighted by Crippen LogP contribution is 2.25. The van der Waals surface area contributed by atoms with Crippen molar-refractivity contribution in [3.63, 3.8) is 0 Å². The molecule has 0 aliphatic carbocycles. The fraction of sp³-hybridized carbons (Fsp3) is 0.750. The van der Waals surface area contributed by atoms with Crippen LogP contribution < -0.4 is 0 Å². The van der Waals surface area contributed by atoms with Crippen molar-refractivity contribution >= 4 is 0 Å². The highest BCUT2D eigenvalue weighted by atomic mass is 16.6. The summed E-state index contributed by atoms with van der Waals surface area (Å²) in [6.45, 7) is 10.8. The van der Waals surface area contributed by atoms with Crippen LogP contribution in [0.5, 0.6) is 0 Å². The molecule has 0 aromatic carbocycles. The Kier molecular flexibility index (Phi) is 4.73. The smallest absolute Gasteiger partial charge is 0.104 e. The van der Waals surface area contributed by atoms with Gasteiger partial charge in [0.1, 0.15) is 12.2 Å². The lowest BCUT2D eigenvalue weighted by molar-refractivity contribution is 0.0465. The predicted molar refractivity (Wildman–Crippen MR) is 79.7 cm³/mol. The molecule has 0 N–H and O–H groups in total. The van der Waals surface area contributed by atoms with E-state index >= 15 is 0 Å². The van der Waals surface area contributed by atoms with Crippen LogP contribution in [0.2, 0.25) is 0 Å². The van der Waals surface area contributed by atoms with Gasteiger partial charge in [0.25, 0.3) is 0 Å². The molecule has 3 rings (SSSR count). The van der Waals surface area contributed by atoms with Crippen molar-refractivity contribution in [3.05, 3.63) is 22.8 Å². The number of nitrogens with zero attached hydrogens (tertiary/aromatic N) is 2. The summed E-state index contributed by atoms with van der Waals surface area (Å²) < 4.78 is 21.9. The Hall–Kier alpha value is -1.08. The maximum atomic E-state index is 5.80. The van der Waals surface area contributed by atoms with Crippen molar-refractivity contribution in [3.8, 4) is 0 Å². The van der Waals surface area contributed by atoms with Crippen LogP contribution in [-0.4, -0.2) is 48.6 Å². The van der Waals surface area contributed by atoms with Gasteiger partial charge in [-0.3, -0.25) is 9.97 Å². The van der Waals surface area contributed by atoms with Crippen LogP contribution in [0.3, 0.4) is 0 Å². The maximum Gasteiger partial charge on any atom is 0.104 e. The van der Waals surface area contributed by atoms with E-state index in [-0.39, 0.29) is 24.4 Å². The van der Waals surface area contributed by atoms with Gasteiger partial charge in [0.05, 0.1) is 61.4 Å². The summed E-state index contributed by atoms with van der Waals surface area (Å²) in [5.41, 5.74) is 3.56. The largest absolute Gasteiger partial charge is 0.371 e. The summed E-state index contributed by atoms with van der Waals surface area (Å²) in [4.78, 5) is 9.39. The third kappa shape index (κ3) is 4.01. The first-order chi connectivity index (χ1) is 10.5. The number of hydrogen-bond acceptors (Lipinski definition) is 6. The maximum absolute atomic E-state index is 5.80. The third-order valence-electron chi connectivity index (χ3n) is 3.96. The minimum atomic E-state index is -0.0828. The zero-order valence-electron chi connectivity index (χ0n) is 13.7. The topological polar surface area (TPSA) is 69.3 Å². The second-order valence-corrected chi connectivity index (χ2v) is 6.03. The third-order valence-corrected chi connectivity index (χ3v) is 3.96. The summed E-state index contributed by atoms with van der Waals surface area (Å²) in [5, 5.41) is 0. The lowest BCUT2D eigenvalue weighted by Crippen LogP contribution is -2.15. The molecule has 0 radical (unpaired) electrons. The van der Waals surface area contributed by atoms with Crippen LogP contribution in [-0.2, 0) is 18.9 Å². The van der Waals surface area contributed by atoms with Crippen LogP contribution in [0.1, 0.15) is 48.8 Å². The van der Waals surface area contributed by atoms with Crippen LogP contribution in [0.25, 0.3) is 0 Å². The molecule has 22 heavy (non-hydrogen) atoms. The van der Waals surface area contributed by atoms with Gasteiger partial charge < -0.3 is 18.9 Å². The molecule has 6 nitrogen and oxygen atoms in total. The minimum Gasteiger partial charge on any atom is -0.371 e. The van der Waals surface area contributed by atoms with Crippen molar-refractivity contribution < 1.29 is 18.9 Å². The van der Waals surface area contributed by atoms with Gasteiger partial charge in [-0.2, -0.15) is 0 Å². The van der Waals surface area contributed by atoms with Gasteiger partial charge in [-0.1, -0.05) is 0 Å². The molecule has 4 atom stereocenters. The summed E-state index contributed by atoms with van der Waals surface area (Å²) in [6.07, 6.45) is 0.351. The van der Waals surface area contributed by atoms with Crippen LogP contribution in [0.4, 0.5) is 0 Å². The van der Waals surface area contributed by atoms with Gasteiger partial charge >= 0.3 is 0 Å². The van der Waals surface area contributed by atoms with Gasteiger partial charge in [-0.15, -0.1) is 0 Å². The van der Waals surface area contributed by atoms with Gasteiger partial charge in [-0.25, -0.2) is 0 Å². The summed E-state index contributed by atoms with van der Waals surface area (Å²) in [6, 6.07) is 0. The normalized spacial score (nSPS) is 25.8. The van der Waals surface area contributed by atoms with Crippen molar-refractivity contribution in [2.75, 3.05) is 26.4 Å². The molecular formula is C16H24N2O4. The molecule has 1 aromatic rings. The Balaban J connectivity index is 1.65. The fourth-order valence-corrected chi connectivity index (χ4v) is 2.40. The van der Waals surface area contributed by atoms with E-state index in [1.54, 1.807) is 0 Å². The molecule has 122 valence electrons. The molecule has 0 bridgehead atoms. The molecular weight excluding hydrogens is 284 g/mol. The Labute approximate surface area is 131 Å². The second kappa shape index (κ2) is 6.58. The first-order valence-electron chi connectivity index (χ1n) is 7.86. The van der Waals surface area contributed by atoms with Gasteiger partial charge in [0.15, 0.2) is 0 Å². The van der Waals surface area contributed by atoms with E-state index in [1.165, 1.54) is 0 Å². The van der Waals surface area contributed by atoms with Crippen LogP contribution in [0.15, 0.2) is 0 Å². The number of aromatic nitrogens is 2. The molecule has 3 heterocycles. The lowest BCUT2D eigenvalue weighted by Gasteiger charge is -2.19. The average Bonchev–Trinajstić information content (AvgIpc) is 3.37. The van der Waals surface area contributed by atoms with E-state index in [2.05, 4.69) is 0 Å². The molecule has 0 amide bonds. The summed E-state index contributed by atoms with van der Waals surface area (Å²) in [7, 11) is 0. The van der Waals surface area contributed by atoms with E-state index in [4.69, 9.17) is 28.9 Å². The van der Waals surface area contributed by atoms with E-state index in [0.29, 0.717) is 13.2 Å². The lowest BCUT2D eigenvalue weighted by atomic mass is 10.1. The highest BCUT2D eigenvalue weighted by Gasteiger charge is 2.26. The van der Waals surface area contributed by atoms with E-state index in [0.717, 1.165) is 36.0 Å². The number of rotatable bonds is 8. The Morgan fingerprint density at radius 2 is 1.27 bits per heavy atom. The Morgan fingerprint density at radius 1 is 0.909 bits per heavy atom. The van der Waals surface area contributed by atoms with Crippen molar-refractivity contribution in [2.24, 2.45) is 0 Å². The molecule has 2 aliphatic rings. The fourth-order valence-electron chi connectivity index (χ4n) is 2.40. The van der Waals surface area contributed by atoms with Gasteiger partial charge in [-0.05, 0) is 27.7 Å². The highest BCUT2D eigenvalue weighted by molar-refractivity contribution is 5.22. The monoisotopic (exact) mass is 308 g/mol. The van der Waals surface area contributed by atoms with E-state index in [9.17, 15) is 0 Å². The van der Waals surface area contributed by atoms with Crippen LogP contribution in [0, 0.1) is 13.8 Å². The zero-order valence-corrected chi connectivity index (χ0v) is 13.7. The summed E-state index contributed by atoms with van der Waals surface area (Å²) >= 11 is 0. The van der Waals surface area contributed by atoms with Crippen molar-refractivity contribution in [1.82, 2.24) is 9.97 Å².